The zero-order valence-electron chi connectivity index (χ0n) is 11.9. The van der Waals surface area contributed by atoms with E-state index in [0.717, 1.165) is 18.8 Å². The summed E-state index contributed by atoms with van der Waals surface area (Å²) in [7, 11) is 5.99. The van der Waals surface area contributed by atoms with Gasteiger partial charge in [-0.05, 0) is 45.6 Å². The Morgan fingerprint density at radius 3 is 2.33 bits per heavy atom. The highest BCUT2D eigenvalue weighted by Crippen LogP contribution is 2.28. The molecule has 1 atom stereocenters. The molecule has 0 radical (unpaired) electrons. The van der Waals surface area contributed by atoms with Crippen molar-refractivity contribution in [2.24, 2.45) is 0 Å². The molecule has 102 valence electrons. The fraction of sp³-hybridized carbons (Fsp3) is 0.571. The van der Waals surface area contributed by atoms with Crippen LogP contribution in [0.25, 0.3) is 0 Å². The van der Waals surface area contributed by atoms with Crippen molar-refractivity contribution in [3.63, 3.8) is 0 Å². The minimum Gasteiger partial charge on any atom is -0.389 e. The Hall–Kier alpha value is -1.13. The summed E-state index contributed by atoms with van der Waals surface area (Å²) in [5, 5.41) is 9.74. The van der Waals surface area contributed by atoms with Gasteiger partial charge in [-0.2, -0.15) is 0 Å². The second-order valence-electron chi connectivity index (χ2n) is 5.06. The number of anilines is 1. The highest BCUT2D eigenvalue weighted by Gasteiger charge is 2.14. The minimum atomic E-state index is -0.670. The summed E-state index contributed by atoms with van der Waals surface area (Å²) in [6.45, 7) is 5.14. The van der Waals surface area contributed by atoms with Crippen molar-refractivity contribution in [1.29, 1.82) is 0 Å². The van der Waals surface area contributed by atoms with E-state index in [4.69, 9.17) is 0 Å². The molecule has 18 heavy (non-hydrogen) atoms. The molecule has 0 spiro atoms. The molecular weight excluding hydrogens is 231 g/mol. The van der Waals surface area contributed by atoms with Gasteiger partial charge in [0.25, 0.3) is 0 Å². The van der Waals surface area contributed by atoms with E-state index in [-0.39, 0.29) is 5.82 Å². The molecule has 1 aromatic rings. The fourth-order valence-corrected chi connectivity index (χ4v) is 1.82. The maximum Gasteiger partial charge on any atom is 0.126 e. The van der Waals surface area contributed by atoms with Gasteiger partial charge in [0.05, 0.1) is 6.10 Å². The Balaban J connectivity index is 3.02. The number of benzene rings is 1. The number of hydrogen-bond acceptors (Lipinski definition) is 3. The van der Waals surface area contributed by atoms with Crippen LogP contribution in [0.5, 0.6) is 0 Å². The molecule has 1 aromatic carbocycles. The van der Waals surface area contributed by atoms with E-state index in [2.05, 4.69) is 9.80 Å². The molecule has 4 heteroatoms. The van der Waals surface area contributed by atoms with Crippen molar-refractivity contribution in [3.8, 4) is 0 Å². The quantitative estimate of drug-likeness (QED) is 0.872. The largest absolute Gasteiger partial charge is 0.389 e. The van der Waals surface area contributed by atoms with Crippen LogP contribution >= 0.6 is 0 Å². The lowest BCUT2D eigenvalue weighted by Crippen LogP contribution is -2.29. The Labute approximate surface area is 109 Å². The number of rotatable bonds is 5. The molecule has 1 N–H and O–H groups in total. The van der Waals surface area contributed by atoms with Gasteiger partial charge < -0.3 is 14.9 Å². The van der Waals surface area contributed by atoms with Gasteiger partial charge in [0.2, 0.25) is 0 Å². The van der Waals surface area contributed by atoms with E-state index >= 15 is 0 Å². The molecule has 0 saturated heterocycles. The first-order chi connectivity index (χ1) is 8.32. The van der Waals surface area contributed by atoms with Crippen LogP contribution in [0.15, 0.2) is 12.1 Å². The number of aliphatic hydroxyl groups is 1. The van der Waals surface area contributed by atoms with Gasteiger partial charge in [0.1, 0.15) is 5.82 Å². The van der Waals surface area contributed by atoms with Gasteiger partial charge in [0.15, 0.2) is 0 Å². The van der Waals surface area contributed by atoms with Crippen LogP contribution in [0.3, 0.4) is 0 Å². The molecule has 0 aromatic heterocycles. The van der Waals surface area contributed by atoms with Gasteiger partial charge >= 0.3 is 0 Å². The SMILES string of the molecule is Cc1cc(N(C)CCN(C)C)c(C(C)O)cc1F. The summed E-state index contributed by atoms with van der Waals surface area (Å²) < 4.78 is 13.6. The van der Waals surface area contributed by atoms with Crippen LogP contribution in [0.4, 0.5) is 10.1 Å². The zero-order chi connectivity index (χ0) is 13.9. The zero-order valence-corrected chi connectivity index (χ0v) is 11.9. The third kappa shape index (κ3) is 3.68. The van der Waals surface area contributed by atoms with Gasteiger partial charge in [-0.15, -0.1) is 0 Å². The predicted octanol–water partition coefficient (Wildman–Crippen LogP) is 2.19. The lowest BCUT2D eigenvalue weighted by molar-refractivity contribution is 0.199. The average molecular weight is 254 g/mol. The molecule has 1 rings (SSSR count). The first-order valence-corrected chi connectivity index (χ1v) is 6.17. The van der Waals surface area contributed by atoms with E-state index in [0.29, 0.717) is 11.1 Å². The lowest BCUT2D eigenvalue weighted by Gasteiger charge is -2.25. The molecule has 0 heterocycles. The highest BCUT2D eigenvalue weighted by molar-refractivity contribution is 5.56. The smallest absolute Gasteiger partial charge is 0.126 e. The molecule has 0 amide bonds. The van der Waals surface area contributed by atoms with Gasteiger partial charge in [0, 0.05) is 31.4 Å². The number of halogens is 1. The average Bonchev–Trinajstić information content (AvgIpc) is 2.28. The monoisotopic (exact) mass is 254 g/mol. The Bertz CT molecular complexity index is 405. The Morgan fingerprint density at radius 2 is 1.83 bits per heavy atom. The minimum absolute atomic E-state index is 0.268. The third-order valence-corrected chi connectivity index (χ3v) is 3.05. The molecule has 0 bridgehead atoms. The summed E-state index contributed by atoms with van der Waals surface area (Å²) in [4.78, 5) is 4.14. The summed E-state index contributed by atoms with van der Waals surface area (Å²) in [5.74, 6) is -0.268. The van der Waals surface area contributed by atoms with Crippen molar-refractivity contribution in [2.45, 2.75) is 20.0 Å². The van der Waals surface area contributed by atoms with E-state index < -0.39 is 6.10 Å². The maximum atomic E-state index is 13.6. The molecule has 0 saturated carbocycles. The summed E-state index contributed by atoms with van der Waals surface area (Å²) in [6, 6.07) is 3.23. The molecule has 0 aliphatic carbocycles. The number of hydrogen-bond donors (Lipinski definition) is 1. The van der Waals surface area contributed by atoms with Crippen LogP contribution in [-0.4, -0.2) is 44.2 Å². The second kappa shape index (κ2) is 6.16. The molecule has 1 unspecified atom stereocenters. The third-order valence-electron chi connectivity index (χ3n) is 3.05. The standard InChI is InChI=1S/C14H23FN2O/c1-10-8-14(17(5)7-6-16(3)4)12(11(2)18)9-13(10)15/h8-9,11,18H,6-7H2,1-5H3. The van der Waals surface area contributed by atoms with Crippen LogP contribution in [0, 0.1) is 12.7 Å². The number of likely N-dealkylation sites (N-methyl/N-ethyl adjacent to an activating group) is 2. The fourth-order valence-electron chi connectivity index (χ4n) is 1.82. The van der Waals surface area contributed by atoms with Crippen molar-refractivity contribution in [3.05, 3.63) is 29.1 Å². The predicted molar refractivity (Wildman–Crippen MR) is 73.6 cm³/mol. The van der Waals surface area contributed by atoms with Gasteiger partial charge in [-0.1, -0.05) is 0 Å². The summed E-state index contributed by atoms with van der Waals surface area (Å²) in [6.07, 6.45) is -0.670. The molecular formula is C14H23FN2O. The van der Waals surface area contributed by atoms with E-state index in [1.807, 2.05) is 21.1 Å². The van der Waals surface area contributed by atoms with Crippen LogP contribution in [0.1, 0.15) is 24.2 Å². The highest BCUT2D eigenvalue weighted by atomic mass is 19.1. The number of aryl methyl sites for hydroxylation is 1. The van der Waals surface area contributed by atoms with Crippen molar-refractivity contribution in [2.75, 3.05) is 39.1 Å². The molecule has 3 nitrogen and oxygen atoms in total. The van der Waals surface area contributed by atoms with E-state index in [1.165, 1.54) is 6.07 Å². The van der Waals surface area contributed by atoms with Crippen molar-refractivity contribution in [1.82, 2.24) is 4.90 Å². The lowest BCUT2D eigenvalue weighted by atomic mass is 10.0. The Kier molecular flexibility index (Phi) is 5.11. The number of nitrogens with zero attached hydrogens (tertiary/aromatic N) is 2. The molecule has 0 aliphatic rings. The Morgan fingerprint density at radius 1 is 1.22 bits per heavy atom. The maximum absolute atomic E-state index is 13.6. The van der Waals surface area contributed by atoms with Crippen molar-refractivity contribution >= 4 is 5.69 Å². The topological polar surface area (TPSA) is 26.7 Å². The number of aliphatic hydroxyl groups excluding tert-OH is 1. The first kappa shape index (κ1) is 14.9. The van der Waals surface area contributed by atoms with E-state index in [1.54, 1.807) is 19.9 Å². The van der Waals surface area contributed by atoms with Crippen LogP contribution in [0.2, 0.25) is 0 Å². The van der Waals surface area contributed by atoms with E-state index in [9.17, 15) is 9.50 Å². The summed E-state index contributed by atoms with van der Waals surface area (Å²) in [5.41, 5.74) is 2.14. The normalized spacial score (nSPS) is 12.9. The summed E-state index contributed by atoms with van der Waals surface area (Å²) >= 11 is 0. The van der Waals surface area contributed by atoms with Gasteiger partial charge in [-0.25, -0.2) is 4.39 Å². The molecule has 0 aliphatic heterocycles. The van der Waals surface area contributed by atoms with Crippen LogP contribution in [-0.2, 0) is 0 Å². The van der Waals surface area contributed by atoms with Crippen molar-refractivity contribution < 1.29 is 9.50 Å². The second-order valence-corrected chi connectivity index (χ2v) is 5.06. The molecule has 0 fully saturated rings. The van der Waals surface area contributed by atoms with Crippen LogP contribution < -0.4 is 4.90 Å². The van der Waals surface area contributed by atoms with Gasteiger partial charge in [-0.3, -0.25) is 0 Å². The first-order valence-electron chi connectivity index (χ1n) is 6.17.